The Balaban J connectivity index is 1.82. The molecule has 0 spiro atoms. The van der Waals surface area contributed by atoms with Crippen LogP contribution in [0.5, 0.6) is 5.75 Å². The van der Waals surface area contributed by atoms with Gasteiger partial charge in [0.15, 0.2) is 0 Å². The van der Waals surface area contributed by atoms with Gasteiger partial charge in [0.2, 0.25) is 5.95 Å². The molecule has 0 aliphatic heterocycles. The van der Waals surface area contributed by atoms with Crippen LogP contribution in [0.2, 0.25) is 5.02 Å². The van der Waals surface area contributed by atoms with Gasteiger partial charge in [-0.1, -0.05) is 23.7 Å². The molecule has 6 heteroatoms. The number of hydrogen-bond acceptors (Lipinski definition) is 4. The molecular weight excluding hydrogens is 312 g/mol. The third kappa shape index (κ3) is 3.52. The molecule has 2 N–H and O–H groups in total. The van der Waals surface area contributed by atoms with E-state index in [1.54, 1.807) is 19.5 Å². The molecule has 5 nitrogen and oxygen atoms in total. The van der Waals surface area contributed by atoms with Crippen LogP contribution >= 0.6 is 11.6 Å². The zero-order valence-corrected chi connectivity index (χ0v) is 13.2. The minimum Gasteiger partial charge on any atom is -0.497 e. The van der Waals surface area contributed by atoms with Gasteiger partial charge in [-0.05, 0) is 42.0 Å². The van der Waals surface area contributed by atoms with Crippen molar-refractivity contribution in [1.29, 1.82) is 0 Å². The lowest BCUT2D eigenvalue weighted by atomic mass is 10.2. The van der Waals surface area contributed by atoms with Crippen LogP contribution in [-0.2, 0) is 0 Å². The van der Waals surface area contributed by atoms with E-state index in [9.17, 15) is 0 Å². The van der Waals surface area contributed by atoms with E-state index in [0.29, 0.717) is 11.0 Å². The summed E-state index contributed by atoms with van der Waals surface area (Å²) in [6.07, 6.45) is 3.49. The molecule has 0 radical (unpaired) electrons. The first kappa shape index (κ1) is 15.1. The summed E-state index contributed by atoms with van der Waals surface area (Å²) in [4.78, 5) is 4.31. The summed E-state index contributed by atoms with van der Waals surface area (Å²) >= 11 is 5.89. The Hall–Kier alpha value is -2.79. The molecule has 2 aromatic carbocycles. The molecule has 0 unspecified atom stereocenters. The molecule has 1 heterocycles. The standard InChI is InChI=1S/C17H15ClN4O/c1-23-15-8-2-12(3-9-15)10-20-22-11-16(21-17(22)19)13-4-6-14(18)7-5-13/h2-11H,1H3,(H2,19,21)/b20-10-. The number of benzene rings is 2. The first-order chi connectivity index (χ1) is 11.2. The Morgan fingerprint density at radius 1 is 1.13 bits per heavy atom. The molecular formula is C17H15ClN4O. The van der Waals surface area contributed by atoms with E-state index in [1.807, 2.05) is 48.5 Å². The molecule has 3 rings (SSSR count). The van der Waals surface area contributed by atoms with Crippen molar-refractivity contribution in [2.45, 2.75) is 0 Å². The number of imidazole rings is 1. The highest BCUT2D eigenvalue weighted by atomic mass is 35.5. The minimum atomic E-state index is 0.319. The van der Waals surface area contributed by atoms with Gasteiger partial charge in [0.05, 0.1) is 25.2 Å². The SMILES string of the molecule is COc1ccc(/C=N\n2cc(-c3ccc(Cl)cc3)nc2N)cc1. The zero-order valence-electron chi connectivity index (χ0n) is 12.5. The highest BCUT2D eigenvalue weighted by molar-refractivity contribution is 6.30. The first-order valence-electron chi connectivity index (χ1n) is 6.95. The van der Waals surface area contributed by atoms with Crippen LogP contribution in [0.3, 0.4) is 0 Å². The van der Waals surface area contributed by atoms with Crippen LogP contribution < -0.4 is 10.5 Å². The van der Waals surface area contributed by atoms with Crippen molar-refractivity contribution in [3.8, 4) is 17.0 Å². The molecule has 0 bridgehead atoms. The number of nitrogens with two attached hydrogens (primary N) is 1. The lowest BCUT2D eigenvalue weighted by Gasteiger charge is -1.99. The van der Waals surface area contributed by atoms with Crippen LogP contribution in [0, 0.1) is 0 Å². The zero-order chi connectivity index (χ0) is 16.2. The topological polar surface area (TPSA) is 65.4 Å². The maximum Gasteiger partial charge on any atom is 0.221 e. The molecule has 0 saturated carbocycles. The molecule has 0 atom stereocenters. The molecule has 0 aliphatic carbocycles. The first-order valence-corrected chi connectivity index (χ1v) is 7.33. The molecule has 116 valence electrons. The summed E-state index contributed by atoms with van der Waals surface area (Å²) < 4.78 is 6.66. The van der Waals surface area contributed by atoms with Crippen molar-refractivity contribution in [2.75, 3.05) is 12.8 Å². The lowest BCUT2D eigenvalue weighted by molar-refractivity contribution is 0.415. The number of anilines is 1. The molecule has 23 heavy (non-hydrogen) atoms. The van der Waals surface area contributed by atoms with E-state index in [-0.39, 0.29) is 0 Å². The smallest absolute Gasteiger partial charge is 0.221 e. The van der Waals surface area contributed by atoms with Crippen LogP contribution in [0.15, 0.2) is 59.8 Å². The second-order valence-corrected chi connectivity index (χ2v) is 5.29. The normalized spacial score (nSPS) is 11.0. The van der Waals surface area contributed by atoms with E-state index in [2.05, 4.69) is 10.1 Å². The number of halogens is 1. The fourth-order valence-corrected chi connectivity index (χ4v) is 2.18. The predicted octanol–water partition coefficient (Wildman–Crippen LogP) is 3.68. The summed E-state index contributed by atoms with van der Waals surface area (Å²) in [5.41, 5.74) is 8.52. The van der Waals surface area contributed by atoms with Gasteiger partial charge in [-0.2, -0.15) is 5.10 Å². The number of ether oxygens (including phenoxy) is 1. The highest BCUT2D eigenvalue weighted by Crippen LogP contribution is 2.21. The van der Waals surface area contributed by atoms with E-state index in [1.165, 1.54) is 4.68 Å². The van der Waals surface area contributed by atoms with Crippen LogP contribution in [0.4, 0.5) is 5.95 Å². The maximum atomic E-state index is 5.91. The van der Waals surface area contributed by atoms with Gasteiger partial charge in [0.25, 0.3) is 0 Å². The van der Waals surface area contributed by atoms with Crippen molar-refractivity contribution >= 4 is 23.8 Å². The number of methoxy groups -OCH3 is 1. The minimum absolute atomic E-state index is 0.319. The van der Waals surface area contributed by atoms with Gasteiger partial charge in [-0.15, -0.1) is 0 Å². The number of aromatic nitrogens is 2. The number of nitrogen functional groups attached to an aromatic ring is 1. The molecule has 0 fully saturated rings. The number of rotatable bonds is 4. The third-order valence-electron chi connectivity index (χ3n) is 3.30. The second-order valence-electron chi connectivity index (χ2n) is 4.85. The third-order valence-corrected chi connectivity index (χ3v) is 3.55. The Kier molecular flexibility index (Phi) is 4.30. The van der Waals surface area contributed by atoms with Gasteiger partial charge in [0.1, 0.15) is 5.75 Å². The largest absolute Gasteiger partial charge is 0.497 e. The van der Waals surface area contributed by atoms with Crippen molar-refractivity contribution < 1.29 is 4.74 Å². The number of nitrogens with zero attached hydrogens (tertiary/aromatic N) is 3. The monoisotopic (exact) mass is 326 g/mol. The Morgan fingerprint density at radius 2 is 1.83 bits per heavy atom. The van der Waals surface area contributed by atoms with Crippen molar-refractivity contribution in [3.63, 3.8) is 0 Å². The Morgan fingerprint density at radius 3 is 2.48 bits per heavy atom. The van der Waals surface area contributed by atoms with Gasteiger partial charge in [-0.25, -0.2) is 9.66 Å². The van der Waals surface area contributed by atoms with Crippen molar-refractivity contribution in [1.82, 2.24) is 9.66 Å². The highest BCUT2D eigenvalue weighted by Gasteiger charge is 2.06. The molecule has 0 amide bonds. The Bertz CT molecular complexity index is 823. The molecule has 3 aromatic rings. The van der Waals surface area contributed by atoms with Gasteiger partial charge >= 0.3 is 0 Å². The van der Waals surface area contributed by atoms with Crippen molar-refractivity contribution in [2.24, 2.45) is 5.10 Å². The molecule has 0 aliphatic rings. The van der Waals surface area contributed by atoms with Gasteiger partial charge in [0, 0.05) is 10.6 Å². The maximum absolute atomic E-state index is 5.91. The summed E-state index contributed by atoms with van der Waals surface area (Å²) in [7, 11) is 1.63. The number of hydrogen-bond donors (Lipinski definition) is 1. The quantitative estimate of drug-likeness (QED) is 0.744. The molecule has 1 aromatic heterocycles. The van der Waals surface area contributed by atoms with E-state index < -0.39 is 0 Å². The van der Waals surface area contributed by atoms with Gasteiger partial charge < -0.3 is 10.5 Å². The summed E-state index contributed by atoms with van der Waals surface area (Å²) in [6.45, 7) is 0. The van der Waals surface area contributed by atoms with E-state index in [0.717, 1.165) is 22.6 Å². The summed E-state index contributed by atoms with van der Waals surface area (Å²) in [6, 6.07) is 15.0. The lowest BCUT2D eigenvalue weighted by Crippen LogP contribution is -1.96. The van der Waals surface area contributed by atoms with Crippen LogP contribution in [0.1, 0.15) is 5.56 Å². The van der Waals surface area contributed by atoms with E-state index >= 15 is 0 Å². The molecule has 0 saturated heterocycles. The summed E-state index contributed by atoms with van der Waals surface area (Å²) in [5, 5.41) is 5.01. The Labute approximate surface area is 139 Å². The van der Waals surface area contributed by atoms with Crippen LogP contribution in [-0.4, -0.2) is 23.0 Å². The average Bonchev–Trinajstić information content (AvgIpc) is 2.95. The average molecular weight is 327 g/mol. The van der Waals surface area contributed by atoms with Gasteiger partial charge in [-0.3, -0.25) is 0 Å². The predicted molar refractivity (Wildman–Crippen MR) is 93.1 cm³/mol. The van der Waals surface area contributed by atoms with Crippen LogP contribution in [0.25, 0.3) is 11.3 Å². The fraction of sp³-hybridized carbons (Fsp3) is 0.0588. The van der Waals surface area contributed by atoms with Crippen molar-refractivity contribution in [3.05, 3.63) is 65.3 Å². The van der Waals surface area contributed by atoms with E-state index in [4.69, 9.17) is 22.1 Å². The second kappa shape index (κ2) is 6.54. The fourth-order valence-electron chi connectivity index (χ4n) is 2.06. The summed E-state index contributed by atoms with van der Waals surface area (Å²) in [5.74, 6) is 1.12.